The van der Waals surface area contributed by atoms with Crippen LogP contribution in [0.1, 0.15) is 5.76 Å². The fraction of sp³-hybridized carbons (Fsp3) is 0.0556. The second kappa shape index (κ2) is 7.16. The summed E-state index contributed by atoms with van der Waals surface area (Å²) in [6.45, 7) is 0. The summed E-state index contributed by atoms with van der Waals surface area (Å²) in [5.74, 6) is 0.530. The Morgan fingerprint density at radius 3 is 2.96 bits per heavy atom. The Kier molecular flexibility index (Phi) is 4.89. The van der Waals surface area contributed by atoms with E-state index in [0.717, 1.165) is 24.8 Å². The van der Waals surface area contributed by atoms with Gasteiger partial charge in [-0.05, 0) is 58.0 Å². The molecule has 1 aliphatic rings. The predicted molar refractivity (Wildman–Crippen MR) is 116 cm³/mol. The summed E-state index contributed by atoms with van der Waals surface area (Å²) in [4.78, 5) is 23.6. The molecule has 0 aliphatic carbocycles. The zero-order valence-corrected chi connectivity index (χ0v) is 18.0. The minimum absolute atomic E-state index is 0.0984. The third-order valence-electron chi connectivity index (χ3n) is 3.75. The standard InChI is InChI=1S/C18H11BrIN3O2S/c1-23-17(24)15(9-12-8-13(19)16(20)25-12)26-18(23)22-11-4-5-14-10(7-11)3-2-6-21-14/h2-9H,1H3/b15-9-,22-18?. The van der Waals surface area contributed by atoms with Crippen molar-refractivity contribution >= 4 is 84.0 Å². The highest BCUT2D eigenvalue weighted by atomic mass is 127. The Balaban J connectivity index is 1.66. The number of furan rings is 1. The number of nitrogens with zero attached hydrogens (tertiary/aromatic N) is 3. The van der Waals surface area contributed by atoms with E-state index in [4.69, 9.17) is 4.42 Å². The first-order valence-electron chi connectivity index (χ1n) is 7.57. The molecule has 2 aromatic heterocycles. The summed E-state index contributed by atoms with van der Waals surface area (Å²) in [6.07, 6.45) is 3.50. The van der Waals surface area contributed by atoms with E-state index in [9.17, 15) is 4.79 Å². The summed E-state index contributed by atoms with van der Waals surface area (Å²) in [6, 6.07) is 11.5. The molecule has 1 amide bonds. The van der Waals surface area contributed by atoms with Crippen LogP contribution in [0.15, 0.2) is 61.4 Å². The van der Waals surface area contributed by atoms with E-state index in [1.807, 2.05) is 36.4 Å². The Labute approximate surface area is 175 Å². The lowest BCUT2D eigenvalue weighted by molar-refractivity contribution is -0.121. The van der Waals surface area contributed by atoms with Crippen LogP contribution in [0.5, 0.6) is 0 Å². The number of aromatic nitrogens is 1. The zero-order valence-electron chi connectivity index (χ0n) is 13.4. The number of carbonyl (C=O) groups is 1. The van der Waals surface area contributed by atoms with Crippen molar-refractivity contribution in [2.75, 3.05) is 7.05 Å². The number of rotatable bonds is 2. The fourth-order valence-electron chi connectivity index (χ4n) is 2.46. The topological polar surface area (TPSA) is 58.7 Å². The molecular formula is C18H11BrIN3O2S. The maximum absolute atomic E-state index is 12.5. The van der Waals surface area contributed by atoms with Crippen LogP contribution in [0, 0.1) is 3.77 Å². The minimum atomic E-state index is -0.0984. The van der Waals surface area contributed by atoms with Gasteiger partial charge >= 0.3 is 0 Å². The lowest BCUT2D eigenvalue weighted by Gasteiger charge is -2.07. The predicted octanol–water partition coefficient (Wildman–Crippen LogP) is 5.43. The van der Waals surface area contributed by atoms with E-state index < -0.39 is 0 Å². The summed E-state index contributed by atoms with van der Waals surface area (Å²) in [5.41, 5.74) is 1.70. The van der Waals surface area contributed by atoms with Crippen LogP contribution in [0.4, 0.5) is 5.69 Å². The summed E-state index contributed by atoms with van der Waals surface area (Å²) < 4.78 is 7.21. The van der Waals surface area contributed by atoms with Crippen molar-refractivity contribution < 1.29 is 9.21 Å². The molecule has 3 heterocycles. The van der Waals surface area contributed by atoms with Crippen LogP contribution in [0.25, 0.3) is 17.0 Å². The highest BCUT2D eigenvalue weighted by Crippen LogP contribution is 2.34. The highest BCUT2D eigenvalue weighted by molar-refractivity contribution is 14.1. The van der Waals surface area contributed by atoms with Crippen LogP contribution >= 0.6 is 50.3 Å². The van der Waals surface area contributed by atoms with E-state index >= 15 is 0 Å². The normalized spacial score (nSPS) is 17.8. The van der Waals surface area contributed by atoms with Gasteiger partial charge in [0.2, 0.25) is 0 Å². The molecule has 130 valence electrons. The van der Waals surface area contributed by atoms with Gasteiger partial charge in [0.05, 0.1) is 20.6 Å². The molecule has 0 atom stereocenters. The summed E-state index contributed by atoms with van der Waals surface area (Å²) in [7, 11) is 1.72. The summed E-state index contributed by atoms with van der Waals surface area (Å²) in [5, 5.41) is 1.64. The van der Waals surface area contributed by atoms with E-state index in [-0.39, 0.29) is 5.91 Å². The Morgan fingerprint density at radius 1 is 1.35 bits per heavy atom. The van der Waals surface area contributed by atoms with Crippen molar-refractivity contribution in [1.82, 2.24) is 9.88 Å². The number of pyridine rings is 1. The molecule has 3 aromatic rings. The zero-order chi connectivity index (χ0) is 18.3. The molecule has 0 unspecified atom stereocenters. The average Bonchev–Trinajstić information content (AvgIpc) is 3.08. The van der Waals surface area contributed by atoms with Gasteiger partial charge in [-0.3, -0.25) is 14.7 Å². The minimum Gasteiger partial charge on any atom is -0.450 e. The van der Waals surface area contributed by atoms with Crippen molar-refractivity contribution in [3.8, 4) is 0 Å². The molecule has 4 rings (SSSR count). The molecule has 1 aliphatic heterocycles. The molecule has 0 N–H and O–H groups in total. The van der Waals surface area contributed by atoms with E-state index in [2.05, 4.69) is 48.5 Å². The van der Waals surface area contributed by atoms with E-state index in [1.54, 1.807) is 24.2 Å². The van der Waals surface area contributed by atoms with Gasteiger partial charge in [0.25, 0.3) is 5.91 Å². The number of likely N-dealkylation sites (N-methyl/N-ethyl adjacent to an activating group) is 1. The number of halogens is 2. The Bertz CT molecular complexity index is 1070. The Morgan fingerprint density at radius 2 is 2.19 bits per heavy atom. The second-order valence-electron chi connectivity index (χ2n) is 5.52. The SMILES string of the molecule is CN1C(=O)/C(=C/c2cc(Br)c(I)o2)SC1=Nc1ccc2ncccc2c1. The van der Waals surface area contributed by atoms with E-state index in [1.165, 1.54) is 11.8 Å². The smallest absolute Gasteiger partial charge is 0.266 e. The lowest BCUT2D eigenvalue weighted by Crippen LogP contribution is -2.23. The maximum atomic E-state index is 12.5. The van der Waals surface area contributed by atoms with Gasteiger partial charge < -0.3 is 4.42 Å². The van der Waals surface area contributed by atoms with E-state index in [0.29, 0.717) is 15.8 Å². The molecule has 1 fully saturated rings. The van der Waals surface area contributed by atoms with Crippen LogP contribution in [-0.4, -0.2) is 28.0 Å². The number of fused-ring (bicyclic) bond motifs is 1. The number of carbonyl (C=O) groups excluding carboxylic acids is 1. The molecular weight excluding hydrogens is 529 g/mol. The molecule has 8 heteroatoms. The van der Waals surface area contributed by atoms with Gasteiger partial charge in [-0.15, -0.1) is 0 Å². The average molecular weight is 540 g/mol. The molecule has 0 saturated carbocycles. The fourth-order valence-corrected chi connectivity index (χ4v) is 4.14. The largest absolute Gasteiger partial charge is 0.450 e. The number of hydrogen-bond acceptors (Lipinski definition) is 5. The number of amidine groups is 1. The quantitative estimate of drug-likeness (QED) is 0.322. The van der Waals surface area contributed by atoms with Crippen LogP contribution in [-0.2, 0) is 4.79 Å². The molecule has 5 nitrogen and oxygen atoms in total. The molecule has 0 spiro atoms. The Hall–Kier alpha value is -1.65. The van der Waals surface area contributed by atoms with Crippen molar-refractivity contribution in [2.45, 2.75) is 0 Å². The van der Waals surface area contributed by atoms with Gasteiger partial charge in [0.15, 0.2) is 8.93 Å². The van der Waals surface area contributed by atoms with Crippen molar-refractivity contribution in [3.05, 3.63) is 61.5 Å². The third-order valence-corrected chi connectivity index (χ3v) is 6.94. The number of aliphatic imine (C=N–C) groups is 1. The van der Waals surface area contributed by atoms with Crippen molar-refractivity contribution in [2.24, 2.45) is 4.99 Å². The molecule has 1 aromatic carbocycles. The molecule has 1 saturated heterocycles. The monoisotopic (exact) mass is 539 g/mol. The summed E-state index contributed by atoms with van der Waals surface area (Å²) >= 11 is 6.83. The van der Waals surface area contributed by atoms with Crippen molar-refractivity contribution in [3.63, 3.8) is 0 Å². The van der Waals surface area contributed by atoms with Gasteiger partial charge in [-0.1, -0.05) is 6.07 Å². The number of amides is 1. The van der Waals surface area contributed by atoms with Crippen LogP contribution in [0.3, 0.4) is 0 Å². The molecule has 26 heavy (non-hydrogen) atoms. The van der Waals surface area contributed by atoms with Gasteiger partial charge in [-0.25, -0.2) is 4.99 Å². The first kappa shape index (κ1) is 17.7. The van der Waals surface area contributed by atoms with Crippen LogP contribution < -0.4 is 0 Å². The van der Waals surface area contributed by atoms with Crippen LogP contribution in [0.2, 0.25) is 0 Å². The van der Waals surface area contributed by atoms with Crippen molar-refractivity contribution in [1.29, 1.82) is 0 Å². The van der Waals surface area contributed by atoms with Gasteiger partial charge in [0, 0.05) is 47.3 Å². The molecule has 0 bridgehead atoms. The van der Waals surface area contributed by atoms with Gasteiger partial charge in [0.1, 0.15) is 5.76 Å². The molecule has 0 radical (unpaired) electrons. The first-order chi connectivity index (χ1) is 12.5. The number of hydrogen-bond donors (Lipinski definition) is 0. The lowest BCUT2D eigenvalue weighted by atomic mass is 10.2. The van der Waals surface area contributed by atoms with Gasteiger partial charge in [-0.2, -0.15) is 0 Å². The first-order valence-corrected chi connectivity index (χ1v) is 10.3. The number of thioether (sulfide) groups is 1. The maximum Gasteiger partial charge on any atom is 0.266 e. The second-order valence-corrected chi connectivity index (χ2v) is 8.36. The third kappa shape index (κ3) is 3.45. The number of benzene rings is 1. The highest BCUT2D eigenvalue weighted by Gasteiger charge is 2.30.